The number of aryl methyl sites for hydroxylation is 1. The summed E-state index contributed by atoms with van der Waals surface area (Å²) in [4.78, 5) is 48.2. The maximum atomic E-state index is 12.3. The molecule has 0 saturated carbocycles. The van der Waals surface area contributed by atoms with Crippen LogP contribution in [0.1, 0.15) is 68.5 Å². The van der Waals surface area contributed by atoms with E-state index in [1.54, 1.807) is 12.1 Å². The maximum Gasteiger partial charge on any atom is 0.303 e. The standard InChI is InChI=1S/C31H35NO10/c1-7-21-8-10-22(11-9-21)12-23-13-25(26(37-6)14-24(23)15-32)28-30(40-19(4)35)31(41-20(5)36)29(39-18(3)34)27(42-28)16-38-17(2)33/h8-11,13-14,27-31H,7,12,16H2,1-6H3/t27-,28+,29-,30+,31+/m1/s1. The molecule has 1 aliphatic rings. The molecular weight excluding hydrogens is 546 g/mol. The molecule has 11 heteroatoms. The monoisotopic (exact) mass is 581 g/mol. The van der Waals surface area contributed by atoms with Crippen molar-refractivity contribution in [2.75, 3.05) is 13.7 Å². The minimum Gasteiger partial charge on any atom is -0.496 e. The minimum atomic E-state index is -1.33. The van der Waals surface area contributed by atoms with Gasteiger partial charge in [0, 0.05) is 33.3 Å². The first-order chi connectivity index (χ1) is 20.0. The van der Waals surface area contributed by atoms with E-state index in [9.17, 15) is 24.4 Å². The van der Waals surface area contributed by atoms with Gasteiger partial charge in [-0.2, -0.15) is 5.26 Å². The summed E-state index contributed by atoms with van der Waals surface area (Å²) >= 11 is 0. The molecule has 42 heavy (non-hydrogen) atoms. The van der Waals surface area contributed by atoms with Crippen molar-refractivity contribution in [2.24, 2.45) is 0 Å². The van der Waals surface area contributed by atoms with Gasteiger partial charge in [0.15, 0.2) is 18.3 Å². The zero-order valence-corrected chi connectivity index (χ0v) is 24.5. The molecule has 0 amide bonds. The van der Waals surface area contributed by atoms with Crippen molar-refractivity contribution >= 4 is 23.9 Å². The molecule has 0 aliphatic carbocycles. The first kappa shape index (κ1) is 32.1. The quantitative estimate of drug-likeness (QED) is 0.300. The Bertz CT molecular complexity index is 1350. The van der Waals surface area contributed by atoms with Crippen LogP contribution in [0.25, 0.3) is 0 Å². The Morgan fingerprint density at radius 1 is 0.833 bits per heavy atom. The van der Waals surface area contributed by atoms with E-state index in [1.165, 1.54) is 26.5 Å². The number of ether oxygens (including phenoxy) is 6. The molecule has 0 spiro atoms. The van der Waals surface area contributed by atoms with E-state index in [0.29, 0.717) is 23.1 Å². The smallest absolute Gasteiger partial charge is 0.303 e. The van der Waals surface area contributed by atoms with Crippen LogP contribution in [0.4, 0.5) is 0 Å². The maximum absolute atomic E-state index is 12.3. The summed E-state index contributed by atoms with van der Waals surface area (Å²) in [5.41, 5.74) is 3.52. The SMILES string of the molecule is CCc1ccc(Cc2cc([C@@H]3O[C@H](COC(C)=O)[C@@H](OC(C)=O)[C@H](OC(C)=O)[C@H]3OC(C)=O)c(OC)cc2C#N)cc1. The Morgan fingerprint density at radius 2 is 1.40 bits per heavy atom. The normalized spacial score (nSPS) is 21.4. The number of carbonyl (C=O) groups excluding carboxylic acids is 4. The number of benzene rings is 2. The van der Waals surface area contributed by atoms with Crippen molar-refractivity contribution in [3.63, 3.8) is 0 Å². The predicted octanol–water partition coefficient (Wildman–Crippen LogP) is 3.52. The molecule has 0 aromatic heterocycles. The predicted molar refractivity (Wildman–Crippen MR) is 147 cm³/mol. The molecule has 1 fully saturated rings. The number of esters is 4. The number of nitrogens with zero attached hydrogens (tertiary/aromatic N) is 1. The molecule has 11 nitrogen and oxygen atoms in total. The third kappa shape index (κ3) is 8.07. The lowest BCUT2D eigenvalue weighted by molar-refractivity contribution is -0.254. The van der Waals surface area contributed by atoms with E-state index in [-0.39, 0.29) is 12.4 Å². The van der Waals surface area contributed by atoms with Gasteiger partial charge >= 0.3 is 23.9 Å². The van der Waals surface area contributed by atoms with Crippen LogP contribution in [0.2, 0.25) is 0 Å². The molecule has 2 aromatic rings. The van der Waals surface area contributed by atoms with Gasteiger partial charge in [-0.1, -0.05) is 31.2 Å². The van der Waals surface area contributed by atoms with Gasteiger partial charge in [0.05, 0.1) is 18.7 Å². The highest BCUT2D eigenvalue weighted by Gasteiger charge is 2.53. The number of hydrogen-bond donors (Lipinski definition) is 0. The van der Waals surface area contributed by atoms with Gasteiger partial charge in [-0.15, -0.1) is 0 Å². The lowest BCUT2D eigenvalue weighted by Gasteiger charge is -2.44. The van der Waals surface area contributed by atoms with Crippen LogP contribution in [0.3, 0.4) is 0 Å². The highest BCUT2D eigenvalue weighted by molar-refractivity contribution is 5.69. The van der Waals surface area contributed by atoms with E-state index >= 15 is 0 Å². The third-order valence-electron chi connectivity index (χ3n) is 6.70. The second-order valence-corrected chi connectivity index (χ2v) is 9.83. The van der Waals surface area contributed by atoms with Gasteiger partial charge in [0.1, 0.15) is 24.6 Å². The molecule has 5 atom stereocenters. The Hall–Kier alpha value is -4.43. The molecule has 1 heterocycles. The lowest BCUT2D eigenvalue weighted by atomic mass is 9.87. The summed E-state index contributed by atoms with van der Waals surface area (Å²) in [7, 11) is 1.41. The number of methoxy groups -OCH3 is 1. The average molecular weight is 582 g/mol. The van der Waals surface area contributed by atoms with Crippen molar-refractivity contribution in [3.8, 4) is 11.8 Å². The minimum absolute atomic E-state index is 0.248. The zero-order valence-electron chi connectivity index (χ0n) is 24.5. The van der Waals surface area contributed by atoms with Crippen molar-refractivity contribution in [3.05, 3.63) is 64.2 Å². The van der Waals surface area contributed by atoms with Crippen molar-refractivity contribution in [2.45, 2.75) is 78.0 Å². The first-order valence-corrected chi connectivity index (χ1v) is 13.5. The van der Waals surface area contributed by atoms with Crippen LogP contribution in [0.15, 0.2) is 36.4 Å². The van der Waals surface area contributed by atoms with Crippen LogP contribution in [0.5, 0.6) is 5.75 Å². The van der Waals surface area contributed by atoms with Crippen LogP contribution < -0.4 is 4.74 Å². The van der Waals surface area contributed by atoms with E-state index in [2.05, 4.69) is 13.0 Å². The zero-order chi connectivity index (χ0) is 31.0. The highest BCUT2D eigenvalue weighted by Crippen LogP contribution is 2.42. The van der Waals surface area contributed by atoms with Gasteiger partial charge in [0.25, 0.3) is 0 Å². The second-order valence-electron chi connectivity index (χ2n) is 9.83. The number of rotatable bonds is 10. The van der Waals surface area contributed by atoms with Gasteiger partial charge in [0.2, 0.25) is 0 Å². The first-order valence-electron chi connectivity index (χ1n) is 13.5. The summed E-state index contributed by atoms with van der Waals surface area (Å²) in [5, 5.41) is 9.93. The Labute approximate surface area is 244 Å². The summed E-state index contributed by atoms with van der Waals surface area (Å²) in [5.74, 6) is -2.53. The fourth-order valence-corrected chi connectivity index (χ4v) is 4.88. The summed E-state index contributed by atoms with van der Waals surface area (Å²) in [6, 6.07) is 13.5. The Kier molecular flexibility index (Phi) is 11.0. The van der Waals surface area contributed by atoms with Crippen LogP contribution in [-0.4, -0.2) is 62.0 Å². The molecule has 3 rings (SSSR count). The lowest BCUT2D eigenvalue weighted by Crippen LogP contribution is -2.59. The second kappa shape index (κ2) is 14.5. The van der Waals surface area contributed by atoms with Crippen molar-refractivity contribution in [1.29, 1.82) is 5.26 Å². The molecule has 0 unspecified atom stereocenters. The van der Waals surface area contributed by atoms with E-state index < -0.39 is 54.4 Å². The molecule has 0 N–H and O–H groups in total. The molecule has 0 radical (unpaired) electrons. The van der Waals surface area contributed by atoms with E-state index in [4.69, 9.17) is 28.4 Å². The molecule has 0 bridgehead atoms. The van der Waals surface area contributed by atoms with Gasteiger partial charge in [-0.25, -0.2) is 0 Å². The number of nitriles is 1. The Balaban J connectivity index is 2.19. The Morgan fingerprint density at radius 3 is 1.93 bits per heavy atom. The molecule has 1 saturated heterocycles. The van der Waals surface area contributed by atoms with Crippen molar-refractivity contribution in [1.82, 2.24) is 0 Å². The van der Waals surface area contributed by atoms with E-state index in [1.807, 2.05) is 24.3 Å². The number of carbonyl (C=O) groups is 4. The van der Waals surface area contributed by atoms with Crippen LogP contribution in [-0.2, 0) is 55.7 Å². The van der Waals surface area contributed by atoms with Gasteiger partial charge in [-0.3, -0.25) is 19.2 Å². The van der Waals surface area contributed by atoms with E-state index in [0.717, 1.165) is 25.8 Å². The molecule has 224 valence electrons. The summed E-state index contributed by atoms with van der Waals surface area (Å²) < 4.78 is 33.8. The summed E-state index contributed by atoms with van der Waals surface area (Å²) in [6.07, 6.45) is -4.90. The highest BCUT2D eigenvalue weighted by atomic mass is 16.7. The molecule has 1 aliphatic heterocycles. The largest absolute Gasteiger partial charge is 0.496 e. The number of hydrogen-bond acceptors (Lipinski definition) is 11. The average Bonchev–Trinajstić information content (AvgIpc) is 2.93. The van der Waals surface area contributed by atoms with Gasteiger partial charge in [-0.05, 0) is 41.7 Å². The third-order valence-corrected chi connectivity index (χ3v) is 6.70. The molecule has 2 aromatic carbocycles. The van der Waals surface area contributed by atoms with Crippen LogP contribution >= 0.6 is 0 Å². The fourth-order valence-electron chi connectivity index (χ4n) is 4.88. The summed E-state index contributed by atoms with van der Waals surface area (Å²) in [6.45, 7) is 6.40. The van der Waals surface area contributed by atoms with Gasteiger partial charge < -0.3 is 28.4 Å². The topological polar surface area (TPSA) is 147 Å². The van der Waals surface area contributed by atoms with Crippen LogP contribution in [0, 0.1) is 11.3 Å². The molecular formula is C31H35NO10. The fraction of sp³-hybridized carbons (Fsp3) is 0.452. The van der Waals surface area contributed by atoms with Crippen molar-refractivity contribution < 1.29 is 47.6 Å².